The summed E-state index contributed by atoms with van der Waals surface area (Å²) < 4.78 is 8.20. The average molecular weight is 312 g/mol. The molecule has 1 unspecified atom stereocenters. The lowest BCUT2D eigenvalue weighted by atomic mass is 10.2. The summed E-state index contributed by atoms with van der Waals surface area (Å²) in [6.45, 7) is 0. The highest BCUT2D eigenvalue weighted by Crippen LogP contribution is 2.21. The third-order valence-corrected chi connectivity index (χ3v) is 4.01. The number of nitrogens with one attached hydrogen (secondary N) is 1. The summed E-state index contributed by atoms with van der Waals surface area (Å²) in [5, 5.41) is 11.4. The fourth-order valence-corrected chi connectivity index (χ4v) is 2.76. The fraction of sp³-hybridized carbons (Fsp3) is 0.273. The van der Waals surface area contributed by atoms with E-state index < -0.39 is 12.0 Å². The van der Waals surface area contributed by atoms with Crippen molar-refractivity contribution < 1.29 is 14.7 Å². The smallest absolute Gasteiger partial charge is 0.321 e. The summed E-state index contributed by atoms with van der Waals surface area (Å²) in [5.74, 6) is -0.982. The molecule has 2 rings (SSSR count). The Bertz CT molecular complexity index is 631. The number of carbonyl (C=O) groups excluding carboxylic acids is 1. The number of thioether (sulfide) groups is 1. The summed E-state index contributed by atoms with van der Waals surface area (Å²) in [7, 11) is 0. The van der Waals surface area contributed by atoms with Crippen molar-refractivity contribution in [2.75, 3.05) is 16.8 Å². The van der Waals surface area contributed by atoms with Gasteiger partial charge in [-0.1, -0.05) is 6.07 Å². The summed E-state index contributed by atoms with van der Waals surface area (Å²) >= 11 is 2.25. The number of carboxylic acid groups (broad SMARTS) is 1. The first kappa shape index (κ1) is 14.7. The zero-order chi connectivity index (χ0) is 14.5. The maximum Gasteiger partial charge on any atom is 0.321 e. The van der Waals surface area contributed by atoms with Crippen LogP contribution in [0.5, 0.6) is 0 Å². The molecule has 0 fully saturated rings. The Kier molecular flexibility index (Phi) is 4.88. The lowest BCUT2D eigenvalue weighted by Gasteiger charge is -2.07. The second-order valence-corrected chi connectivity index (χ2v) is 5.50. The van der Waals surface area contributed by atoms with Gasteiger partial charge in [0.2, 0.25) is 5.91 Å². The maximum atomic E-state index is 11.8. The number of nitrogens with two attached hydrogens (primary N) is 1. The zero-order valence-electron chi connectivity index (χ0n) is 10.3. The molecule has 7 nitrogen and oxygen atoms in total. The Morgan fingerprint density at radius 3 is 3.00 bits per heavy atom. The van der Waals surface area contributed by atoms with Crippen molar-refractivity contribution in [3.8, 4) is 0 Å². The quantitative estimate of drug-likeness (QED) is 0.721. The monoisotopic (exact) mass is 312 g/mol. The number of carbonyl (C=O) groups is 2. The highest BCUT2D eigenvalue weighted by atomic mass is 32.2. The van der Waals surface area contributed by atoms with Crippen molar-refractivity contribution in [3.05, 3.63) is 18.2 Å². The third-order valence-electron chi connectivity index (χ3n) is 2.41. The molecule has 4 N–H and O–H groups in total. The van der Waals surface area contributed by atoms with E-state index in [1.807, 2.05) is 6.07 Å². The molecule has 20 heavy (non-hydrogen) atoms. The molecule has 9 heteroatoms. The number of nitrogens with zero attached hydrogens (tertiary/aromatic N) is 2. The molecule has 1 heterocycles. The predicted octanol–water partition coefficient (Wildman–Crippen LogP) is 0.775. The van der Waals surface area contributed by atoms with Crippen molar-refractivity contribution >= 4 is 52.1 Å². The Balaban J connectivity index is 1.89. The summed E-state index contributed by atoms with van der Waals surface area (Å²) in [6.07, 6.45) is 0. The molecule has 0 aliphatic carbocycles. The molecule has 1 amide bonds. The molecule has 0 saturated heterocycles. The lowest BCUT2D eigenvalue weighted by Crippen LogP contribution is -2.33. The van der Waals surface area contributed by atoms with E-state index in [9.17, 15) is 9.59 Å². The van der Waals surface area contributed by atoms with Crippen LogP contribution in [0.4, 0.5) is 5.69 Å². The van der Waals surface area contributed by atoms with Gasteiger partial charge in [0, 0.05) is 5.75 Å². The van der Waals surface area contributed by atoms with Crippen molar-refractivity contribution in [2.24, 2.45) is 5.73 Å². The van der Waals surface area contributed by atoms with Gasteiger partial charge >= 0.3 is 5.97 Å². The lowest BCUT2D eigenvalue weighted by molar-refractivity contribution is -0.137. The standard InChI is InChI=1S/C11H12N4O3S2/c12-6(11(17)18)4-19-5-9(16)13-7-2-1-3-8-10(7)15-20-14-8/h1-3,6H,4-5,12H2,(H,13,16)(H,17,18). The molecule has 0 aliphatic heterocycles. The maximum absolute atomic E-state index is 11.8. The molecule has 1 aromatic heterocycles. The molecule has 0 spiro atoms. The number of benzene rings is 1. The molecule has 0 aliphatic rings. The van der Waals surface area contributed by atoms with Gasteiger partial charge in [0.1, 0.15) is 17.1 Å². The van der Waals surface area contributed by atoms with Crippen LogP contribution in [0.1, 0.15) is 0 Å². The largest absolute Gasteiger partial charge is 0.480 e. The van der Waals surface area contributed by atoms with Crippen LogP contribution < -0.4 is 11.1 Å². The number of amides is 1. The SMILES string of the molecule is NC(CSCC(=O)Nc1cccc2nsnc12)C(=O)O. The van der Waals surface area contributed by atoms with E-state index in [0.29, 0.717) is 11.2 Å². The van der Waals surface area contributed by atoms with Crippen molar-refractivity contribution in [1.29, 1.82) is 0 Å². The van der Waals surface area contributed by atoms with Gasteiger partial charge < -0.3 is 16.2 Å². The Morgan fingerprint density at radius 1 is 1.45 bits per heavy atom. The van der Waals surface area contributed by atoms with E-state index in [2.05, 4.69) is 14.1 Å². The topological polar surface area (TPSA) is 118 Å². The number of rotatable bonds is 6. The van der Waals surface area contributed by atoms with E-state index >= 15 is 0 Å². The van der Waals surface area contributed by atoms with Crippen LogP contribution >= 0.6 is 23.5 Å². The molecule has 1 aromatic carbocycles. The minimum atomic E-state index is -1.07. The summed E-state index contributed by atoms with van der Waals surface area (Å²) in [5.41, 5.74) is 7.33. The van der Waals surface area contributed by atoms with Gasteiger partial charge in [-0.25, -0.2) is 0 Å². The Morgan fingerprint density at radius 2 is 2.25 bits per heavy atom. The second kappa shape index (κ2) is 6.64. The first-order valence-corrected chi connectivity index (χ1v) is 7.53. The third kappa shape index (κ3) is 3.65. The van der Waals surface area contributed by atoms with E-state index in [4.69, 9.17) is 10.8 Å². The van der Waals surface area contributed by atoms with Crippen molar-refractivity contribution in [3.63, 3.8) is 0 Å². The Labute approximate surface area is 122 Å². The average Bonchev–Trinajstić information content (AvgIpc) is 2.87. The van der Waals surface area contributed by atoms with Gasteiger partial charge in [-0.05, 0) is 12.1 Å². The minimum absolute atomic E-state index is 0.134. The summed E-state index contributed by atoms with van der Waals surface area (Å²) in [6, 6.07) is 4.39. The van der Waals surface area contributed by atoms with Gasteiger partial charge in [-0.3, -0.25) is 9.59 Å². The van der Waals surface area contributed by atoms with Crippen LogP contribution in [0.25, 0.3) is 11.0 Å². The number of aromatic nitrogens is 2. The molecule has 0 bridgehead atoms. The number of hydrogen-bond acceptors (Lipinski definition) is 7. The van der Waals surface area contributed by atoms with Gasteiger partial charge in [-0.15, -0.1) is 11.8 Å². The van der Waals surface area contributed by atoms with E-state index in [1.165, 1.54) is 11.8 Å². The number of fused-ring (bicyclic) bond motifs is 1. The van der Waals surface area contributed by atoms with Crippen LogP contribution in [-0.4, -0.2) is 43.3 Å². The Hall–Kier alpha value is -1.71. The molecule has 2 aromatic rings. The highest BCUT2D eigenvalue weighted by Gasteiger charge is 2.13. The molecule has 0 saturated carbocycles. The minimum Gasteiger partial charge on any atom is -0.480 e. The van der Waals surface area contributed by atoms with Gasteiger partial charge in [0.15, 0.2) is 0 Å². The van der Waals surface area contributed by atoms with E-state index in [-0.39, 0.29) is 17.4 Å². The highest BCUT2D eigenvalue weighted by molar-refractivity contribution is 8.00. The van der Waals surface area contributed by atoms with Crippen LogP contribution in [-0.2, 0) is 9.59 Å². The molecule has 106 valence electrons. The first-order valence-electron chi connectivity index (χ1n) is 5.65. The van der Waals surface area contributed by atoms with E-state index in [0.717, 1.165) is 17.2 Å². The predicted molar refractivity (Wildman–Crippen MR) is 79.0 cm³/mol. The van der Waals surface area contributed by atoms with Crippen molar-refractivity contribution in [1.82, 2.24) is 8.75 Å². The number of aliphatic carboxylic acids is 1. The summed E-state index contributed by atoms with van der Waals surface area (Å²) in [4.78, 5) is 22.3. The number of carboxylic acids is 1. The molecule has 0 radical (unpaired) electrons. The molecular weight excluding hydrogens is 300 g/mol. The van der Waals surface area contributed by atoms with Gasteiger partial charge in [0.25, 0.3) is 0 Å². The number of hydrogen-bond donors (Lipinski definition) is 3. The number of anilines is 1. The first-order chi connectivity index (χ1) is 9.58. The van der Waals surface area contributed by atoms with Gasteiger partial charge in [0.05, 0.1) is 23.2 Å². The van der Waals surface area contributed by atoms with E-state index in [1.54, 1.807) is 12.1 Å². The zero-order valence-corrected chi connectivity index (χ0v) is 11.9. The van der Waals surface area contributed by atoms with Crippen LogP contribution in [0, 0.1) is 0 Å². The molecular formula is C11H12N4O3S2. The van der Waals surface area contributed by atoms with Crippen LogP contribution in [0.2, 0.25) is 0 Å². The van der Waals surface area contributed by atoms with Crippen molar-refractivity contribution in [2.45, 2.75) is 6.04 Å². The normalized spacial score (nSPS) is 12.2. The van der Waals surface area contributed by atoms with Gasteiger partial charge in [-0.2, -0.15) is 8.75 Å². The fourth-order valence-electron chi connectivity index (χ4n) is 1.44. The van der Waals surface area contributed by atoms with Crippen LogP contribution in [0.3, 0.4) is 0 Å². The van der Waals surface area contributed by atoms with Crippen LogP contribution in [0.15, 0.2) is 18.2 Å². The second-order valence-electron chi connectivity index (χ2n) is 3.95. The molecule has 1 atom stereocenters.